The first-order valence-electron chi connectivity index (χ1n) is 5.35. The van der Waals surface area contributed by atoms with Gasteiger partial charge in [-0.3, -0.25) is 4.79 Å². The van der Waals surface area contributed by atoms with Gasteiger partial charge in [0.25, 0.3) is 0 Å². The van der Waals surface area contributed by atoms with E-state index in [0.29, 0.717) is 24.5 Å². The molecular weight excluding hydrogens is 220 g/mol. The van der Waals surface area contributed by atoms with Gasteiger partial charge in [0.1, 0.15) is 5.78 Å². The van der Waals surface area contributed by atoms with Crippen LogP contribution in [0.3, 0.4) is 0 Å². The molecule has 94 valence electrons. The fourth-order valence-electron chi connectivity index (χ4n) is 1.77. The van der Waals surface area contributed by atoms with Crippen LogP contribution in [0.4, 0.5) is 0 Å². The normalized spacial score (nSPS) is 10.1. The summed E-state index contributed by atoms with van der Waals surface area (Å²) >= 11 is 0. The van der Waals surface area contributed by atoms with Crippen molar-refractivity contribution in [2.45, 2.75) is 20.0 Å². The van der Waals surface area contributed by atoms with E-state index >= 15 is 0 Å². The molecule has 4 nitrogen and oxygen atoms in total. The molecule has 0 saturated heterocycles. The van der Waals surface area contributed by atoms with Crippen molar-refractivity contribution in [1.29, 1.82) is 0 Å². The summed E-state index contributed by atoms with van der Waals surface area (Å²) in [6.45, 7) is 1.95. The van der Waals surface area contributed by atoms with Gasteiger partial charge in [0.15, 0.2) is 11.5 Å². The number of ether oxygens (including phenoxy) is 3. The molecule has 0 heterocycles. The summed E-state index contributed by atoms with van der Waals surface area (Å²) in [6.07, 6.45) is 0.374. The van der Waals surface area contributed by atoms with E-state index in [4.69, 9.17) is 14.2 Å². The molecule has 0 aliphatic carbocycles. The number of Topliss-reactive ketones (excluding diaryl/α,β-unsaturated/α-hetero) is 1. The van der Waals surface area contributed by atoms with Gasteiger partial charge in [0, 0.05) is 19.1 Å². The third-order valence-corrected chi connectivity index (χ3v) is 2.47. The topological polar surface area (TPSA) is 44.8 Å². The van der Waals surface area contributed by atoms with Gasteiger partial charge in [-0.1, -0.05) is 6.07 Å². The van der Waals surface area contributed by atoms with E-state index in [1.54, 1.807) is 34.3 Å². The fourth-order valence-corrected chi connectivity index (χ4v) is 1.77. The highest BCUT2D eigenvalue weighted by molar-refractivity contribution is 5.79. The largest absolute Gasteiger partial charge is 0.493 e. The summed E-state index contributed by atoms with van der Waals surface area (Å²) in [5, 5.41) is 0. The van der Waals surface area contributed by atoms with E-state index < -0.39 is 0 Å². The standard InChI is InChI=1S/C13H18O4/c1-9(14)7-10-5-6-12(16-3)13(17-4)11(10)8-15-2/h5-6H,7-8H2,1-4H3. The number of ketones is 1. The lowest BCUT2D eigenvalue weighted by Crippen LogP contribution is -2.05. The quantitative estimate of drug-likeness (QED) is 0.760. The molecule has 0 unspecified atom stereocenters. The number of rotatable bonds is 6. The molecule has 0 aliphatic rings. The van der Waals surface area contributed by atoms with Crippen molar-refractivity contribution in [3.8, 4) is 11.5 Å². The maximum atomic E-state index is 11.2. The van der Waals surface area contributed by atoms with Crippen LogP contribution in [0.1, 0.15) is 18.1 Å². The van der Waals surface area contributed by atoms with Gasteiger partial charge in [-0.2, -0.15) is 0 Å². The third kappa shape index (κ3) is 3.20. The van der Waals surface area contributed by atoms with Crippen molar-refractivity contribution in [3.05, 3.63) is 23.3 Å². The van der Waals surface area contributed by atoms with E-state index in [2.05, 4.69) is 0 Å². The van der Waals surface area contributed by atoms with E-state index in [0.717, 1.165) is 11.1 Å². The Morgan fingerprint density at radius 2 is 1.88 bits per heavy atom. The lowest BCUT2D eigenvalue weighted by atomic mass is 10.0. The number of carbonyl (C=O) groups excluding carboxylic acids is 1. The molecule has 0 N–H and O–H groups in total. The van der Waals surface area contributed by atoms with Crippen LogP contribution in [0.2, 0.25) is 0 Å². The maximum Gasteiger partial charge on any atom is 0.166 e. The minimum absolute atomic E-state index is 0.106. The molecule has 0 aromatic heterocycles. The number of benzene rings is 1. The number of hydrogen-bond donors (Lipinski definition) is 0. The van der Waals surface area contributed by atoms with Crippen LogP contribution < -0.4 is 9.47 Å². The highest BCUT2D eigenvalue weighted by Gasteiger charge is 2.15. The predicted octanol–water partition coefficient (Wildman–Crippen LogP) is 1.98. The summed E-state index contributed by atoms with van der Waals surface area (Å²) < 4.78 is 15.7. The van der Waals surface area contributed by atoms with Crippen LogP contribution >= 0.6 is 0 Å². The Balaban J connectivity index is 3.25. The van der Waals surface area contributed by atoms with Gasteiger partial charge in [0.2, 0.25) is 0 Å². The molecule has 1 rings (SSSR count). The molecule has 17 heavy (non-hydrogen) atoms. The van der Waals surface area contributed by atoms with Crippen molar-refractivity contribution in [3.63, 3.8) is 0 Å². The molecular formula is C13H18O4. The summed E-state index contributed by atoms with van der Waals surface area (Å²) in [7, 11) is 4.77. The first-order valence-corrected chi connectivity index (χ1v) is 5.35. The molecule has 0 amide bonds. The Morgan fingerprint density at radius 1 is 1.18 bits per heavy atom. The number of carbonyl (C=O) groups is 1. The SMILES string of the molecule is COCc1c(CC(C)=O)ccc(OC)c1OC. The second-order valence-electron chi connectivity index (χ2n) is 3.75. The summed E-state index contributed by atoms with van der Waals surface area (Å²) in [6, 6.07) is 3.67. The molecule has 0 bridgehead atoms. The molecule has 1 aromatic rings. The summed E-state index contributed by atoms with van der Waals surface area (Å²) in [5.41, 5.74) is 1.78. The van der Waals surface area contributed by atoms with Gasteiger partial charge in [0.05, 0.1) is 20.8 Å². The average Bonchev–Trinajstić information content (AvgIpc) is 2.30. The fraction of sp³-hybridized carbons (Fsp3) is 0.462. The minimum atomic E-state index is 0.106. The molecule has 0 spiro atoms. The maximum absolute atomic E-state index is 11.2. The summed E-state index contributed by atoms with van der Waals surface area (Å²) in [5.74, 6) is 1.38. The lowest BCUT2D eigenvalue weighted by molar-refractivity contribution is -0.116. The van der Waals surface area contributed by atoms with Crippen LogP contribution in [0, 0.1) is 0 Å². The van der Waals surface area contributed by atoms with Crippen molar-refractivity contribution in [2.24, 2.45) is 0 Å². The number of methoxy groups -OCH3 is 3. The Hall–Kier alpha value is -1.55. The minimum Gasteiger partial charge on any atom is -0.493 e. The van der Waals surface area contributed by atoms with Gasteiger partial charge in [-0.05, 0) is 18.6 Å². The van der Waals surface area contributed by atoms with E-state index in [1.807, 2.05) is 6.07 Å². The number of hydrogen-bond acceptors (Lipinski definition) is 4. The first kappa shape index (κ1) is 13.5. The van der Waals surface area contributed by atoms with Crippen molar-refractivity contribution in [1.82, 2.24) is 0 Å². The molecule has 0 aliphatic heterocycles. The van der Waals surface area contributed by atoms with Crippen LogP contribution in [0.5, 0.6) is 11.5 Å². The van der Waals surface area contributed by atoms with Gasteiger partial charge >= 0.3 is 0 Å². The molecule has 0 fully saturated rings. The first-order chi connectivity index (χ1) is 8.13. The van der Waals surface area contributed by atoms with Crippen molar-refractivity contribution >= 4 is 5.78 Å². The molecule has 0 saturated carbocycles. The molecule has 1 aromatic carbocycles. The van der Waals surface area contributed by atoms with Crippen LogP contribution in [0.25, 0.3) is 0 Å². The van der Waals surface area contributed by atoms with Gasteiger partial charge < -0.3 is 14.2 Å². The Bertz CT molecular complexity index is 399. The lowest BCUT2D eigenvalue weighted by Gasteiger charge is -2.15. The Kier molecular flexibility index (Phi) is 4.97. The third-order valence-electron chi connectivity index (χ3n) is 2.47. The van der Waals surface area contributed by atoms with Gasteiger partial charge in [-0.25, -0.2) is 0 Å². The summed E-state index contributed by atoms with van der Waals surface area (Å²) in [4.78, 5) is 11.2. The molecule has 0 atom stereocenters. The highest BCUT2D eigenvalue weighted by Crippen LogP contribution is 2.34. The predicted molar refractivity (Wildman–Crippen MR) is 64.6 cm³/mol. The zero-order valence-corrected chi connectivity index (χ0v) is 10.7. The molecule has 4 heteroatoms. The Morgan fingerprint density at radius 3 is 2.35 bits per heavy atom. The molecule has 0 radical (unpaired) electrons. The van der Waals surface area contributed by atoms with Crippen LogP contribution in [-0.4, -0.2) is 27.1 Å². The van der Waals surface area contributed by atoms with Gasteiger partial charge in [-0.15, -0.1) is 0 Å². The van der Waals surface area contributed by atoms with Crippen molar-refractivity contribution in [2.75, 3.05) is 21.3 Å². The second kappa shape index (κ2) is 6.25. The average molecular weight is 238 g/mol. The monoisotopic (exact) mass is 238 g/mol. The van der Waals surface area contributed by atoms with Crippen LogP contribution in [-0.2, 0) is 22.6 Å². The van der Waals surface area contributed by atoms with Crippen LogP contribution in [0.15, 0.2) is 12.1 Å². The van der Waals surface area contributed by atoms with E-state index in [9.17, 15) is 4.79 Å². The second-order valence-corrected chi connectivity index (χ2v) is 3.75. The Labute approximate surface area is 101 Å². The zero-order chi connectivity index (χ0) is 12.8. The highest BCUT2D eigenvalue weighted by atomic mass is 16.5. The zero-order valence-electron chi connectivity index (χ0n) is 10.7. The van der Waals surface area contributed by atoms with E-state index in [1.165, 1.54) is 0 Å². The van der Waals surface area contributed by atoms with Crippen molar-refractivity contribution < 1.29 is 19.0 Å². The van der Waals surface area contributed by atoms with E-state index in [-0.39, 0.29) is 5.78 Å². The smallest absolute Gasteiger partial charge is 0.166 e.